The fourth-order valence-corrected chi connectivity index (χ4v) is 0.456. The number of pyridine rings is 1. The van der Waals surface area contributed by atoms with Gasteiger partial charge in [-0.15, -0.1) is 0 Å². The largest absolute Gasteiger partial charge is 0.384 e. The van der Waals surface area contributed by atoms with E-state index in [1.165, 1.54) is 0 Å². The van der Waals surface area contributed by atoms with E-state index >= 15 is 0 Å². The van der Waals surface area contributed by atoms with Gasteiger partial charge in [-0.1, -0.05) is 13.7 Å². The summed E-state index contributed by atoms with van der Waals surface area (Å²) >= 11 is 0. The van der Waals surface area contributed by atoms with Gasteiger partial charge in [0, 0.05) is 15.8 Å². The van der Waals surface area contributed by atoms with Crippen LogP contribution in [0.5, 0.6) is 0 Å². The number of hydrogen-bond donors (Lipinski definition) is 1. The van der Waals surface area contributed by atoms with Crippen molar-refractivity contribution < 1.29 is 13.7 Å². The van der Waals surface area contributed by atoms with Crippen molar-refractivity contribution in [1.82, 2.24) is 4.98 Å². The monoisotopic (exact) mass is 146 g/mol. The van der Waals surface area contributed by atoms with Gasteiger partial charge in [0.2, 0.25) is 0 Å². The molecule has 1 aromatic heterocycles. The van der Waals surface area contributed by atoms with Gasteiger partial charge in [0.15, 0.2) is 0 Å². The summed E-state index contributed by atoms with van der Waals surface area (Å²) < 4.78 is 74.4. The maximum atomic E-state index is 7.91. The van der Waals surface area contributed by atoms with Crippen LogP contribution < -0.4 is 5.73 Å². The second-order valence-corrected chi connectivity index (χ2v) is 1.61. The van der Waals surface area contributed by atoms with E-state index in [1.54, 1.807) is 0 Å². The molecule has 0 aliphatic rings. The number of nitrogen functional groups attached to an aromatic ring is 1. The zero-order valence-corrected chi connectivity index (χ0v) is 5.02. The lowest BCUT2D eigenvalue weighted by Gasteiger charge is -2.03. The predicted molar refractivity (Wildman–Crippen MR) is 42.7 cm³/mol. The van der Waals surface area contributed by atoms with E-state index in [9.17, 15) is 0 Å². The molecule has 2 nitrogen and oxygen atoms in total. The third-order valence-electron chi connectivity index (χ3n) is 0.860. The first-order valence-electron chi connectivity index (χ1n) is 7.49. The maximum absolute atomic E-state index is 7.91. The molecule has 10 heavy (non-hydrogen) atoms. The zero-order chi connectivity index (χ0) is 16.1. The minimum Gasteiger partial charge on any atom is -0.384 e. The fourth-order valence-electron chi connectivity index (χ4n) is 0.456. The van der Waals surface area contributed by atoms with Gasteiger partial charge < -0.3 is 5.73 Å². The van der Waals surface area contributed by atoms with Crippen LogP contribution in [0.4, 0.5) is 5.82 Å². The quantitative estimate of drug-likeness (QED) is 0.656. The zero-order valence-electron chi connectivity index (χ0n) is 15.0. The van der Waals surface area contributed by atoms with Crippen LogP contribution in [0.2, 0.25) is 0 Å². The molecule has 0 spiro atoms. The molecule has 1 rings (SSSR count). The first-order valence-corrected chi connectivity index (χ1v) is 2.49. The fraction of sp³-hybridized carbons (Fsp3) is 0.375. The van der Waals surface area contributed by atoms with Gasteiger partial charge in [-0.25, -0.2) is 4.98 Å². The first kappa shape index (κ1) is 1.58. The van der Waals surface area contributed by atoms with Crippen molar-refractivity contribution in [3.05, 3.63) is 23.8 Å². The number of hydrogen-bond acceptors (Lipinski definition) is 2. The number of aromatic nitrogens is 1. The Balaban J connectivity index is 3.87. The highest BCUT2D eigenvalue weighted by molar-refractivity contribution is 5.33. The molecular weight excluding hydrogens is 124 g/mol. The minimum atomic E-state index is -3.34. The molecule has 0 atom stereocenters. The molecule has 0 saturated heterocycles. The second kappa shape index (κ2) is 2.69. The molecule has 1 aromatic rings. The summed E-state index contributed by atoms with van der Waals surface area (Å²) in [6.07, 6.45) is -0.779. The van der Waals surface area contributed by atoms with E-state index in [-0.39, 0.29) is 0 Å². The second-order valence-electron chi connectivity index (χ2n) is 1.61. The van der Waals surface area contributed by atoms with Crippen LogP contribution in [0.25, 0.3) is 0 Å². The van der Waals surface area contributed by atoms with Crippen LogP contribution in [0.3, 0.4) is 0 Å². The van der Waals surface area contributed by atoms with Gasteiger partial charge in [0.25, 0.3) is 0 Å². The minimum absolute atomic E-state index is 0.592. The molecule has 0 aliphatic heterocycles. The molecular formula is C8H12N2. The lowest BCUT2D eigenvalue weighted by Crippen LogP contribution is -1.93. The van der Waals surface area contributed by atoms with Gasteiger partial charge in [-0.05, 0) is 23.5 Å². The molecule has 54 valence electrons. The Morgan fingerprint density at radius 1 is 1.90 bits per heavy atom. The molecule has 1 heterocycles. The average molecular weight is 146 g/mol. The van der Waals surface area contributed by atoms with Gasteiger partial charge in [-0.2, -0.15) is 0 Å². The van der Waals surface area contributed by atoms with Gasteiger partial charge in [0.05, 0.1) is 4.11 Å². The molecule has 0 amide bonds. The molecule has 0 unspecified atom stereocenters. The number of nitrogens with zero attached hydrogens (tertiary/aromatic N) is 1. The van der Waals surface area contributed by atoms with E-state index in [1.807, 2.05) is 0 Å². The van der Waals surface area contributed by atoms with Crippen LogP contribution >= 0.6 is 0 Å². The van der Waals surface area contributed by atoms with Crippen molar-refractivity contribution in [3.63, 3.8) is 0 Å². The predicted octanol–water partition coefficient (Wildman–Crippen LogP) is 1.79. The Bertz CT molecular complexity index is 491. The standard InChI is InChI=1S/C8H12N2/c1-6(2)7-3-4-10-8(9)5-7/h3-6H,1-2H3,(H2,9,10)/i1D3,2D3,3D,4D,5D,6D. The Kier molecular flexibility index (Phi) is 0.424. The lowest BCUT2D eigenvalue weighted by atomic mass is 10.1. The van der Waals surface area contributed by atoms with Crippen molar-refractivity contribution in [2.24, 2.45) is 0 Å². The summed E-state index contributed by atoms with van der Waals surface area (Å²) in [7, 11) is 0. The normalized spacial score (nSPS) is 28.4. The van der Waals surface area contributed by atoms with Crippen LogP contribution in [0.15, 0.2) is 18.3 Å². The highest BCUT2D eigenvalue weighted by Gasteiger charge is 1.97. The van der Waals surface area contributed by atoms with E-state index in [0.717, 1.165) is 0 Å². The molecule has 0 radical (unpaired) electrons. The topological polar surface area (TPSA) is 38.9 Å². The van der Waals surface area contributed by atoms with Crippen molar-refractivity contribution in [3.8, 4) is 0 Å². The third kappa shape index (κ3) is 1.47. The summed E-state index contributed by atoms with van der Waals surface area (Å²) in [6.45, 7) is -6.69. The van der Waals surface area contributed by atoms with Crippen LogP contribution in [-0.2, 0) is 0 Å². The van der Waals surface area contributed by atoms with E-state index in [0.29, 0.717) is 0 Å². The molecule has 0 bridgehead atoms. The molecule has 0 aliphatic carbocycles. The summed E-state index contributed by atoms with van der Waals surface area (Å²) in [6, 6.07) is -1.72. The summed E-state index contributed by atoms with van der Waals surface area (Å²) in [5, 5.41) is 0. The summed E-state index contributed by atoms with van der Waals surface area (Å²) in [5.41, 5.74) is 4.39. The molecule has 0 saturated carbocycles. The maximum Gasteiger partial charge on any atom is 0.123 e. The third-order valence-corrected chi connectivity index (χ3v) is 0.860. The van der Waals surface area contributed by atoms with Gasteiger partial charge >= 0.3 is 0 Å². The number of rotatable bonds is 1. The smallest absolute Gasteiger partial charge is 0.123 e. The molecule has 2 N–H and O–H groups in total. The van der Waals surface area contributed by atoms with Crippen molar-refractivity contribution in [1.29, 1.82) is 0 Å². The van der Waals surface area contributed by atoms with Crippen molar-refractivity contribution >= 4 is 5.82 Å². The molecule has 2 heteroatoms. The number of nitrogens with two attached hydrogens (primary N) is 1. The Morgan fingerprint density at radius 3 is 3.40 bits per heavy atom. The van der Waals surface area contributed by atoms with E-state index in [4.69, 9.17) is 19.4 Å². The Labute approximate surface area is 75.1 Å². The van der Waals surface area contributed by atoms with Crippen LogP contribution in [0, 0.1) is 0 Å². The van der Waals surface area contributed by atoms with Gasteiger partial charge in [0.1, 0.15) is 5.82 Å². The summed E-state index contributed by atoms with van der Waals surface area (Å²) in [4.78, 5) is 3.33. The number of anilines is 1. The van der Waals surface area contributed by atoms with Crippen LogP contribution in [0.1, 0.15) is 38.9 Å². The molecule has 0 fully saturated rings. The van der Waals surface area contributed by atoms with E-state index < -0.39 is 49.2 Å². The van der Waals surface area contributed by atoms with E-state index in [2.05, 4.69) is 4.98 Å². The van der Waals surface area contributed by atoms with Crippen molar-refractivity contribution in [2.45, 2.75) is 19.6 Å². The average Bonchev–Trinajstić information content (AvgIpc) is 2.23. The lowest BCUT2D eigenvalue weighted by molar-refractivity contribution is 0.864. The van der Waals surface area contributed by atoms with Crippen molar-refractivity contribution in [2.75, 3.05) is 5.73 Å². The Hall–Kier alpha value is -1.05. The highest BCUT2D eigenvalue weighted by atomic mass is 14.8. The Morgan fingerprint density at radius 2 is 2.70 bits per heavy atom. The first-order chi connectivity index (χ1) is 8.75. The molecule has 0 aromatic carbocycles. The highest BCUT2D eigenvalue weighted by Crippen LogP contribution is 2.14. The van der Waals surface area contributed by atoms with Gasteiger partial charge in [-0.3, -0.25) is 0 Å². The SMILES string of the molecule is [2H]c1nc(N)c([2H])c(C([2H])(C([2H])([2H])[2H])C([2H])([2H])[2H])c1[2H]. The summed E-state index contributed by atoms with van der Waals surface area (Å²) in [5.74, 6) is -3.83. The van der Waals surface area contributed by atoms with Crippen LogP contribution in [-0.4, -0.2) is 4.98 Å².